The van der Waals surface area contributed by atoms with E-state index < -0.39 is 5.09 Å². The average molecular weight is 129 g/mol. The first kappa shape index (κ1) is 27.6. The van der Waals surface area contributed by atoms with Gasteiger partial charge in [0.15, 0.2) is 0 Å². The molecule has 8 N–H and O–H groups in total. The predicted octanol–water partition coefficient (Wildman–Crippen LogP) is -0.510. The van der Waals surface area contributed by atoms with Crippen LogP contribution in [0.4, 0.5) is 0 Å². The van der Waals surface area contributed by atoms with E-state index in [0.29, 0.717) is 0 Å². The number of hydrogen-bond acceptors (Lipinski definition) is 4. The van der Waals surface area contributed by atoms with E-state index in [2.05, 4.69) is 0 Å². The van der Waals surface area contributed by atoms with Gasteiger partial charge in [0.05, 0.1) is 5.09 Å². The smallest absolute Gasteiger partial charge is 0.0689 e. The number of hydrogen-bond donors (Lipinski definition) is 2. The van der Waals surface area contributed by atoms with Gasteiger partial charge in [-0.1, -0.05) is 0 Å². The summed E-state index contributed by atoms with van der Waals surface area (Å²) in [6.07, 6.45) is 0. The van der Waals surface area contributed by atoms with Crippen molar-refractivity contribution in [2.75, 3.05) is 7.11 Å². The standard InChI is InChI=1S/CH3O.NO3.2H3N/c1-2;2-1(3)4;;/h1H3;;2*1H3/q2*-1;;/p+2. The Balaban J connectivity index is -0.0000000183. The van der Waals surface area contributed by atoms with Gasteiger partial charge < -0.3 is 32.7 Å². The molecule has 0 saturated carbocycles. The molecule has 0 aliphatic heterocycles. The number of nitrogens with zero attached hydrogens (tertiary/aromatic N) is 1. The van der Waals surface area contributed by atoms with Crippen molar-refractivity contribution in [2.24, 2.45) is 0 Å². The Morgan fingerprint density at radius 1 is 1.12 bits per heavy atom. The third-order valence-electron chi connectivity index (χ3n) is 0. The van der Waals surface area contributed by atoms with E-state index in [1.165, 1.54) is 0 Å². The topological polar surface area (TPSA) is 162 Å². The van der Waals surface area contributed by atoms with Crippen molar-refractivity contribution in [3.63, 3.8) is 0 Å². The molecule has 0 spiro atoms. The second-order valence-electron chi connectivity index (χ2n) is 0.224. The summed E-state index contributed by atoms with van der Waals surface area (Å²) >= 11 is 0. The monoisotopic (exact) mass is 129 g/mol. The van der Waals surface area contributed by atoms with Crippen molar-refractivity contribution in [1.82, 2.24) is 12.3 Å². The van der Waals surface area contributed by atoms with Gasteiger partial charge in [0.1, 0.15) is 0 Å². The second-order valence-corrected chi connectivity index (χ2v) is 0.224. The Morgan fingerprint density at radius 2 is 1.12 bits per heavy atom. The van der Waals surface area contributed by atoms with Gasteiger partial charge in [-0.05, 0) is 0 Å². The van der Waals surface area contributed by atoms with Crippen LogP contribution >= 0.6 is 0 Å². The van der Waals surface area contributed by atoms with Crippen molar-refractivity contribution in [3.8, 4) is 0 Å². The molecule has 54 valence electrons. The Hall–Kier alpha value is -0.920. The molecule has 0 radical (unpaired) electrons. The molecular weight excluding hydrogens is 118 g/mol. The summed E-state index contributed by atoms with van der Waals surface area (Å²) in [5, 5.41) is 23.0. The van der Waals surface area contributed by atoms with Crippen molar-refractivity contribution in [2.45, 2.75) is 0 Å². The van der Waals surface area contributed by atoms with Crippen molar-refractivity contribution >= 4 is 0 Å². The van der Waals surface area contributed by atoms with E-state index in [9.17, 15) is 0 Å². The predicted molar refractivity (Wildman–Crippen MR) is 28.3 cm³/mol. The van der Waals surface area contributed by atoms with E-state index in [1.54, 1.807) is 0 Å². The van der Waals surface area contributed by atoms with Gasteiger partial charge in [0, 0.05) is 0 Å². The normalized spacial score (nSPS) is 3.75. The minimum Gasteiger partial charge on any atom is -0.857 e. The fourth-order valence-electron chi connectivity index (χ4n) is 0. The van der Waals surface area contributed by atoms with Crippen LogP contribution in [0.25, 0.3) is 0 Å². The SMILES string of the molecule is C[O-].O=[N+]([O-])[O-].[NH4+].[NH4+]. The first-order valence-electron chi connectivity index (χ1n) is 0.956. The molecule has 0 amide bonds. The van der Waals surface area contributed by atoms with Crippen LogP contribution in [0.15, 0.2) is 0 Å². The summed E-state index contributed by atoms with van der Waals surface area (Å²) in [6.45, 7) is 0. The van der Waals surface area contributed by atoms with E-state index in [0.717, 1.165) is 7.11 Å². The lowest BCUT2D eigenvalue weighted by atomic mass is 11.8. The largest absolute Gasteiger partial charge is 0.857 e. The molecular formula is CH11N3O4. The second kappa shape index (κ2) is 36.3. The number of rotatable bonds is 0. The lowest BCUT2D eigenvalue weighted by Crippen LogP contribution is -1.81. The van der Waals surface area contributed by atoms with Crippen molar-refractivity contribution < 1.29 is 10.2 Å². The summed E-state index contributed by atoms with van der Waals surface area (Å²) in [6, 6.07) is 0. The highest BCUT2D eigenvalue weighted by Gasteiger charge is 1.45. The molecule has 0 unspecified atom stereocenters. The maximum atomic E-state index is 8.25. The van der Waals surface area contributed by atoms with Crippen molar-refractivity contribution in [3.05, 3.63) is 15.3 Å². The third kappa shape index (κ3) is 99.9. The highest BCUT2D eigenvalue weighted by molar-refractivity contribution is 4.03. The lowest BCUT2D eigenvalue weighted by Gasteiger charge is -1.74. The Bertz CT molecular complexity index is 34.3. The molecule has 0 aliphatic carbocycles. The average Bonchev–Trinajstić information content (AvgIpc) is 1.41. The zero-order valence-electron chi connectivity index (χ0n) is 5.08. The van der Waals surface area contributed by atoms with Crippen LogP contribution in [0.2, 0.25) is 0 Å². The van der Waals surface area contributed by atoms with Crippen LogP contribution in [0.5, 0.6) is 0 Å². The van der Waals surface area contributed by atoms with Gasteiger partial charge in [0.25, 0.3) is 0 Å². The number of quaternary nitrogens is 2. The molecule has 7 nitrogen and oxygen atoms in total. The molecule has 0 aromatic heterocycles. The molecule has 0 atom stereocenters. The minimum atomic E-state index is -1.75. The zero-order valence-corrected chi connectivity index (χ0v) is 5.08. The fraction of sp³-hybridized carbons (Fsp3) is 1.00. The first-order valence-corrected chi connectivity index (χ1v) is 0.956. The van der Waals surface area contributed by atoms with Crippen LogP contribution in [0.1, 0.15) is 0 Å². The Labute approximate surface area is 46.2 Å². The zero-order chi connectivity index (χ0) is 5.58. The third-order valence-corrected chi connectivity index (χ3v) is 0. The molecule has 0 fully saturated rings. The molecule has 0 saturated heterocycles. The molecule has 8 heavy (non-hydrogen) atoms. The van der Waals surface area contributed by atoms with Crippen LogP contribution < -0.4 is 17.4 Å². The van der Waals surface area contributed by atoms with Crippen LogP contribution in [0, 0.1) is 15.3 Å². The van der Waals surface area contributed by atoms with E-state index in [1.807, 2.05) is 0 Å². The Morgan fingerprint density at radius 3 is 1.12 bits per heavy atom. The minimum absolute atomic E-state index is 0. The highest BCUT2D eigenvalue weighted by Crippen LogP contribution is 1.44. The molecule has 0 bridgehead atoms. The van der Waals surface area contributed by atoms with E-state index in [-0.39, 0.29) is 12.3 Å². The molecule has 0 heterocycles. The summed E-state index contributed by atoms with van der Waals surface area (Å²) in [5.74, 6) is 0. The van der Waals surface area contributed by atoms with E-state index >= 15 is 0 Å². The molecule has 0 aromatic carbocycles. The van der Waals surface area contributed by atoms with Gasteiger partial charge in [-0.2, -0.15) is 7.11 Å². The van der Waals surface area contributed by atoms with Gasteiger partial charge in [-0.25, -0.2) is 0 Å². The maximum absolute atomic E-state index is 8.25. The van der Waals surface area contributed by atoms with E-state index in [4.69, 9.17) is 20.4 Å². The van der Waals surface area contributed by atoms with Gasteiger partial charge in [0.2, 0.25) is 0 Å². The first-order chi connectivity index (χ1) is 2.73. The van der Waals surface area contributed by atoms with Crippen LogP contribution in [0.3, 0.4) is 0 Å². The van der Waals surface area contributed by atoms with Gasteiger partial charge >= 0.3 is 0 Å². The Kier molecular flexibility index (Phi) is 125. The van der Waals surface area contributed by atoms with Crippen LogP contribution in [-0.4, -0.2) is 12.2 Å². The fourth-order valence-corrected chi connectivity index (χ4v) is 0. The van der Waals surface area contributed by atoms with Gasteiger partial charge in [-0.15, -0.1) is 0 Å². The molecule has 0 aliphatic rings. The lowest BCUT2D eigenvalue weighted by molar-refractivity contribution is -0.402. The maximum Gasteiger partial charge on any atom is 0.0689 e. The summed E-state index contributed by atoms with van der Waals surface area (Å²) in [5.41, 5.74) is 0. The highest BCUT2D eigenvalue weighted by atomic mass is 16.9. The molecule has 0 rings (SSSR count). The quantitative estimate of drug-likeness (QED) is 0.332. The molecule has 0 aromatic rings. The summed E-state index contributed by atoms with van der Waals surface area (Å²) in [4.78, 5) is 8.25. The summed E-state index contributed by atoms with van der Waals surface area (Å²) in [7, 11) is 0.750. The molecule has 7 heteroatoms. The summed E-state index contributed by atoms with van der Waals surface area (Å²) < 4.78 is 0. The van der Waals surface area contributed by atoms with Gasteiger partial charge in [-0.3, -0.25) is 0 Å². The van der Waals surface area contributed by atoms with Crippen LogP contribution in [-0.2, 0) is 0 Å². The van der Waals surface area contributed by atoms with Crippen molar-refractivity contribution in [1.29, 1.82) is 0 Å².